The van der Waals surface area contributed by atoms with Crippen LogP contribution in [0.1, 0.15) is 36.7 Å². The van der Waals surface area contributed by atoms with Crippen molar-refractivity contribution in [1.82, 2.24) is 14.8 Å². The first kappa shape index (κ1) is 18.4. The number of hydrogen-bond acceptors (Lipinski definition) is 4. The third kappa shape index (κ3) is 3.74. The number of non-ortho nitro benzene ring substituents is 1. The van der Waals surface area contributed by atoms with E-state index in [-0.39, 0.29) is 17.9 Å². The number of urea groups is 1. The minimum atomic E-state index is -0.510. The van der Waals surface area contributed by atoms with Crippen LogP contribution in [0.4, 0.5) is 10.5 Å². The second-order valence-corrected chi connectivity index (χ2v) is 6.72. The second kappa shape index (κ2) is 7.06. The molecular formula is C19H20N4O4. The van der Waals surface area contributed by atoms with Gasteiger partial charge in [-0.15, -0.1) is 0 Å². The predicted molar refractivity (Wildman–Crippen MR) is 99.7 cm³/mol. The molecule has 2 aromatic rings. The van der Waals surface area contributed by atoms with E-state index >= 15 is 0 Å². The van der Waals surface area contributed by atoms with Crippen molar-refractivity contribution in [2.45, 2.75) is 33.4 Å². The van der Waals surface area contributed by atoms with Gasteiger partial charge in [0.15, 0.2) is 0 Å². The van der Waals surface area contributed by atoms with Crippen LogP contribution in [0.5, 0.6) is 0 Å². The van der Waals surface area contributed by atoms with Gasteiger partial charge in [0, 0.05) is 30.1 Å². The fourth-order valence-electron chi connectivity index (χ4n) is 3.04. The highest BCUT2D eigenvalue weighted by molar-refractivity contribution is 6.13. The van der Waals surface area contributed by atoms with Crippen LogP contribution in [0.25, 0.3) is 6.08 Å². The Morgan fingerprint density at radius 3 is 2.44 bits per heavy atom. The van der Waals surface area contributed by atoms with E-state index in [4.69, 9.17) is 0 Å². The highest BCUT2D eigenvalue weighted by atomic mass is 16.6. The Hall–Kier alpha value is -3.42. The fourth-order valence-corrected chi connectivity index (χ4v) is 3.04. The minimum Gasteiger partial charge on any atom is -0.349 e. The van der Waals surface area contributed by atoms with Gasteiger partial charge in [0.1, 0.15) is 5.70 Å². The first-order valence-electron chi connectivity index (χ1n) is 8.52. The zero-order valence-corrected chi connectivity index (χ0v) is 15.3. The predicted octanol–water partition coefficient (Wildman–Crippen LogP) is 3.38. The van der Waals surface area contributed by atoms with E-state index in [2.05, 4.69) is 23.7 Å². The molecule has 1 aliphatic heterocycles. The van der Waals surface area contributed by atoms with Gasteiger partial charge >= 0.3 is 6.03 Å². The normalized spacial score (nSPS) is 15.7. The van der Waals surface area contributed by atoms with Crippen LogP contribution in [-0.2, 0) is 11.3 Å². The van der Waals surface area contributed by atoms with Crippen LogP contribution >= 0.6 is 0 Å². The number of nitrogens with one attached hydrogen (secondary N) is 1. The van der Waals surface area contributed by atoms with Gasteiger partial charge in [0.2, 0.25) is 0 Å². The van der Waals surface area contributed by atoms with E-state index in [0.717, 1.165) is 16.2 Å². The topological polar surface area (TPSA) is 97.5 Å². The summed E-state index contributed by atoms with van der Waals surface area (Å²) in [5.41, 5.74) is 2.70. The molecule has 1 aromatic carbocycles. The first-order chi connectivity index (χ1) is 12.8. The molecule has 0 aliphatic carbocycles. The lowest BCUT2D eigenvalue weighted by Crippen LogP contribution is -2.30. The lowest BCUT2D eigenvalue weighted by molar-refractivity contribution is -0.384. The Kier molecular flexibility index (Phi) is 4.81. The fraction of sp³-hybridized carbons (Fsp3) is 0.263. The molecule has 0 bridgehead atoms. The van der Waals surface area contributed by atoms with Crippen LogP contribution in [0, 0.1) is 17.0 Å². The summed E-state index contributed by atoms with van der Waals surface area (Å²) in [6.07, 6.45) is 3.59. The summed E-state index contributed by atoms with van der Waals surface area (Å²) in [6.45, 7) is 6.17. The summed E-state index contributed by atoms with van der Waals surface area (Å²) in [6, 6.07) is 7.50. The van der Waals surface area contributed by atoms with Crippen LogP contribution in [0.15, 0.2) is 42.2 Å². The number of nitro benzene ring substituents is 1. The highest BCUT2D eigenvalue weighted by Gasteiger charge is 2.33. The number of carbonyl (C=O) groups excluding carboxylic acids is 2. The van der Waals surface area contributed by atoms with E-state index < -0.39 is 16.9 Å². The first-order valence-corrected chi connectivity index (χ1v) is 8.52. The summed E-state index contributed by atoms with van der Waals surface area (Å²) in [7, 11) is 0. The van der Waals surface area contributed by atoms with E-state index in [1.165, 1.54) is 24.3 Å². The third-order valence-electron chi connectivity index (χ3n) is 4.39. The Morgan fingerprint density at radius 2 is 1.89 bits per heavy atom. The standard InChI is InChI=1S/C19H20N4O4/c1-12(2)21-11-15(8-13(21)3)9-17-18(24)22(19(25)20-17)10-14-4-6-16(7-5-14)23(26)27/h4-9,11-12H,10H2,1-3H3,(H,20,25)/b17-9+. The molecule has 27 heavy (non-hydrogen) atoms. The van der Waals surface area contributed by atoms with Gasteiger partial charge in [-0.05, 0) is 44.0 Å². The smallest absolute Gasteiger partial charge is 0.329 e. The molecule has 8 heteroatoms. The SMILES string of the molecule is Cc1cc(/C=C2/NC(=O)N(Cc3ccc([N+](=O)[O-])cc3)C2=O)cn1C(C)C. The molecule has 3 rings (SSSR count). The number of nitro groups is 1. The number of rotatable bonds is 5. The molecule has 0 radical (unpaired) electrons. The maximum atomic E-state index is 12.6. The van der Waals surface area contributed by atoms with Gasteiger partial charge < -0.3 is 9.88 Å². The molecule has 0 unspecified atom stereocenters. The summed E-state index contributed by atoms with van der Waals surface area (Å²) < 4.78 is 2.09. The number of nitrogens with zero attached hydrogens (tertiary/aromatic N) is 3. The van der Waals surface area contributed by atoms with Gasteiger partial charge in [0.25, 0.3) is 11.6 Å². The number of carbonyl (C=O) groups is 2. The molecule has 8 nitrogen and oxygen atoms in total. The van der Waals surface area contributed by atoms with E-state index in [1.807, 2.05) is 19.2 Å². The highest BCUT2D eigenvalue weighted by Crippen LogP contribution is 2.21. The van der Waals surface area contributed by atoms with Crippen molar-refractivity contribution < 1.29 is 14.5 Å². The number of benzene rings is 1. The van der Waals surface area contributed by atoms with Crippen molar-refractivity contribution in [3.05, 3.63) is 69.2 Å². The molecule has 3 amide bonds. The van der Waals surface area contributed by atoms with Gasteiger partial charge in [0.05, 0.1) is 11.5 Å². The Morgan fingerprint density at radius 1 is 1.22 bits per heavy atom. The molecule has 1 aromatic heterocycles. The Labute approximate surface area is 156 Å². The zero-order valence-electron chi connectivity index (χ0n) is 15.3. The second-order valence-electron chi connectivity index (χ2n) is 6.72. The van der Waals surface area contributed by atoms with Crippen LogP contribution in [0.2, 0.25) is 0 Å². The molecule has 1 saturated heterocycles. The van der Waals surface area contributed by atoms with Crippen molar-refractivity contribution in [3.8, 4) is 0 Å². The Bertz CT molecular complexity index is 941. The van der Waals surface area contributed by atoms with E-state index in [1.54, 1.807) is 6.08 Å². The van der Waals surface area contributed by atoms with E-state index in [9.17, 15) is 19.7 Å². The molecule has 0 spiro atoms. The largest absolute Gasteiger partial charge is 0.349 e. The molecule has 1 N–H and O–H groups in total. The quantitative estimate of drug-likeness (QED) is 0.379. The number of aryl methyl sites for hydroxylation is 1. The molecule has 2 heterocycles. The molecule has 0 saturated carbocycles. The van der Waals surface area contributed by atoms with Crippen molar-refractivity contribution in [1.29, 1.82) is 0 Å². The number of amides is 3. The molecule has 1 fully saturated rings. The van der Waals surface area contributed by atoms with Gasteiger partial charge in [-0.25, -0.2) is 4.79 Å². The number of aromatic nitrogens is 1. The summed E-state index contributed by atoms with van der Waals surface area (Å²) >= 11 is 0. The maximum Gasteiger partial charge on any atom is 0.329 e. The summed E-state index contributed by atoms with van der Waals surface area (Å²) in [5, 5.41) is 13.3. The van der Waals surface area contributed by atoms with Crippen molar-refractivity contribution in [2.75, 3.05) is 0 Å². The van der Waals surface area contributed by atoms with Crippen molar-refractivity contribution >= 4 is 23.7 Å². The van der Waals surface area contributed by atoms with Crippen LogP contribution in [-0.4, -0.2) is 26.3 Å². The molecular weight excluding hydrogens is 348 g/mol. The van der Waals surface area contributed by atoms with Gasteiger partial charge in [-0.3, -0.25) is 19.8 Å². The average molecular weight is 368 g/mol. The van der Waals surface area contributed by atoms with Crippen molar-refractivity contribution in [3.63, 3.8) is 0 Å². The average Bonchev–Trinajstić information content (AvgIpc) is 3.10. The third-order valence-corrected chi connectivity index (χ3v) is 4.39. The van der Waals surface area contributed by atoms with Crippen LogP contribution < -0.4 is 5.32 Å². The summed E-state index contributed by atoms with van der Waals surface area (Å²) in [4.78, 5) is 36.1. The summed E-state index contributed by atoms with van der Waals surface area (Å²) in [5.74, 6) is -0.423. The lowest BCUT2D eigenvalue weighted by Gasteiger charge is -2.11. The monoisotopic (exact) mass is 368 g/mol. The lowest BCUT2D eigenvalue weighted by atomic mass is 10.2. The van der Waals surface area contributed by atoms with Crippen molar-refractivity contribution in [2.24, 2.45) is 0 Å². The maximum absolute atomic E-state index is 12.6. The molecule has 0 atom stereocenters. The Balaban J connectivity index is 1.78. The molecule has 140 valence electrons. The molecule has 1 aliphatic rings. The van der Waals surface area contributed by atoms with Crippen LogP contribution in [0.3, 0.4) is 0 Å². The van der Waals surface area contributed by atoms with E-state index in [0.29, 0.717) is 11.6 Å². The van der Waals surface area contributed by atoms with Gasteiger partial charge in [-0.1, -0.05) is 12.1 Å². The number of hydrogen-bond donors (Lipinski definition) is 1. The van der Waals surface area contributed by atoms with Gasteiger partial charge in [-0.2, -0.15) is 0 Å². The number of imide groups is 1. The zero-order chi connectivity index (χ0) is 19.7. The minimum absolute atomic E-state index is 0.0402.